The van der Waals surface area contributed by atoms with Crippen LogP contribution in [0.5, 0.6) is 0 Å². The van der Waals surface area contributed by atoms with E-state index in [1.54, 1.807) is 6.33 Å². The summed E-state index contributed by atoms with van der Waals surface area (Å²) in [6, 6.07) is 0. The molecule has 0 aliphatic carbocycles. The van der Waals surface area contributed by atoms with Crippen LogP contribution in [0.2, 0.25) is 0 Å². The van der Waals surface area contributed by atoms with Gasteiger partial charge in [0.15, 0.2) is 17.0 Å². The van der Waals surface area contributed by atoms with E-state index in [0.717, 1.165) is 12.8 Å². The first-order valence-corrected chi connectivity index (χ1v) is 8.61. The Balaban J connectivity index is 1.74. The van der Waals surface area contributed by atoms with Crippen molar-refractivity contribution in [3.8, 4) is 0 Å². The summed E-state index contributed by atoms with van der Waals surface area (Å²) in [4.78, 5) is 24.5. The van der Waals surface area contributed by atoms with Gasteiger partial charge in [-0.25, -0.2) is 15.0 Å². The molecule has 9 heteroatoms. The lowest BCUT2D eigenvalue weighted by Gasteiger charge is -2.16. The second-order valence-corrected chi connectivity index (χ2v) is 6.29. The fourth-order valence-corrected chi connectivity index (χ4v) is 2.79. The molecule has 2 aromatic rings. The Kier molecular flexibility index (Phi) is 5.92. The first kappa shape index (κ1) is 18.4. The zero-order valence-electron chi connectivity index (χ0n) is 14.8. The summed E-state index contributed by atoms with van der Waals surface area (Å²) < 4.78 is 13.5. The van der Waals surface area contributed by atoms with Gasteiger partial charge in [-0.2, -0.15) is 0 Å². The lowest BCUT2D eigenvalue weighted by molar-refractivity contribution is -0.111. The van der Waals surface area contributed by atoms with Crippen LogP contribution in [0.3, 0.4) is 0 Å². The maximum Gasteiger partial charge on any atom is 0.249 e. The molecule has 1 aliphatic rings. The summed E-state index contributed by atoms with van der Waals surface area (Å²) in [5.74, 6) is -0.0735. The number of nitrogens with one attached hydrogen (secondary N) is 1. The van der Waals surface area contributed by atoms with Crippen molar-refractivity contribution in [3.63, 3.8) is 0 Å². The van der Waals surface area contributed by atoms with Gasteiger partial charge in [-0.15, -0.1) is 0 Å². The van der Waals surface area contributed by atoms with Crippen molar-refractivity contribution < 1.29 is 19.4 Å². The average Bonchev–Trinajstić information content (AvgIpc) is 3.25. The normalized spacial score (nSPS) is 20.5. The Labute approximate surface area is 151 Å². The Bertz CT molecular complexity index is 789. The van der Waals surface area contributed by atoms with Crippen molar-refractivity contribution in [2.75, 3.05) is 18.5 Å². The summed E-state index contributed by atoms with van der Waals surface area (Å²) in [5, 5.41) is 11.4. The van der Waals surface area contributed by atoms with Gasteiger partial charge < -0.3 is 19.9 Å². The number of aliphatic hydroxyl groups excluding tert-OH is 1. The van der Waals surface area contributed by atoms with Crippen LogP contribution in [0.4, 0.5) is 5.82 Å². The second kappa shape index (κ2) is 8.35. The van der Waals surface area contributed by atoms with Gasteiger partial charge in [0.2, 0.25) is 5.91 Å². The van der Waals surface area contributed by atoms with Gasteiger partial charge in [0, 0.05) is 6.08 Å². The number of ether oxygens (including phenoxy) is 2. The summed E-state index contributed by atoms with van der Waals surface area (Å²) in [7, 11) is 0. The van der Waals surface area contributed by atoms with E-state index in [9.17, 15) is 4.79 Å². The highest BCUT2D eigenvalue weighted by atomic mass is 16.6. The maximum atomic E-state index is 11.8. The van der Waals surface area contributed by atoms with Gasteiger partial charge in [-0.1, -0.05) is 6.08 Å². The molecule has 0 aromatic carbocycles. The van der Waals surface area contributed by atoms with E-state index in [4.69, 9.17) is 14.6 Å². The Morgan fingerprint density at radius 3 is 3.08 bits per heavy atom. The molecule has 3 heterocycles. The van der Waals surface area contributed by atoms with Crippen LogP contribution in [-0.2, 0) is 14.3 Å². The number of aromatic nitrogens is 4. The third-order valence-corrected chi connectivity index (χ3v) is 3.99. The number of carbonyl (C=O) groups is 1. The molecule has 1 aliphatic heterocycles. The number of imidazole rings is 1. The Hall–Kier alpha value is -2.36. The van der Waals surface area contributed by atoms with Crippen LogP contribution >= 0.6 is 0 Å². The van der Waals surface area contributed by atoms with E-state index in [2.05, 4.69) is 20.3 Å². The lowest BCUT2D eigenvalue weighted by Crippen LogP contribution is -2.19. The van der Waals surface area contributed by atoms with E-state index in [1.165, 1.54) is 18.5 Å². The van der Waals surface area contributed by atoms with Crippen molar-refractivity contribution in [1.82, 2.24) is 19.5 Å². The smallest absolute Gasteiger partial charge is 0.249 e. The number of hydrogen-bond donors (Lipinski definition) is 2. The van der Waals surface area contributed by atoms with Crippen LogP contribution in [0.25, 0.3) is 11.2 Å². The van der Waals surface area contributed by atoms with Crippen LogP contribution < -0.4 is 5.32 Å². The predicted molar refractivity (Wildman–Crippen MR) is 94.4 cm³/mol. The molecule has 3 rings (SSSR count). The minimum atomic E-state index is -0.392. The van der Waals surface area contributed by atoms with Crippen molar-refractivity contribution in [3.05, 3.63) is 24.8 Å². The topological polar surface area (TPSA) is 111 Å². The molecule has 0 radical (unpaired) electrons. The zero-order valence-corrected chi connectivity index (χ0v) is 14.8. The molecule has 140 valence electrons. The number of aliphatic hydroxyl groups is 1. The highest BCUT2D eigenvalue weighted by molar-refractivity contribution is 6.02. The quantitative estimate of drug-likeness (QED) is 0.717. The summed E-state index contributed by atoms with van der Waals surface area (Å²) in [6.45, 7) is 4.35. The highest BCUT2D eigenvalue weighted by Gasteiger charge is 2.28. The molecule has 9 nitrogen and oxygen atoms in total. The van der Waals surface area contributed by atoms with Gasteiger partial charge in [-0.05, 0) is 26.7 Å². The van der Waals surface area contributed by atoms with Crippen molar-refractivity contribution in [2.45, 2.75) is 45.1 Å². The first-order valence-electron chi connectivity index (χ1n) is 8.61. The highest BCUT2D eigenvalue weighted by Crippen LogP contribution is 2.31. The van der Waals surface area contributed by atoms with E-state index in [-0.39, 0.29) is 25.0 Å². The number of hydrogen-bond acceptors (Lipinski definition) is 7. The first-order chi connectivity index (χ1) is 12.6. The minimum absolute atomic E-state index is 0.0458. The van der Waals surface area contributed by atoms with Crippen LogP contribution in [0, 0.1) is 0 Å². The van der Waals surface area contributed by atoms with Gasteiger partial charge in [0.25, 0.3) is 0 Å². The van der Waals surface area contributed by atoms with Gasteiger partial charge >= 0.3 is 0 Å². The number of rotatable bonds is 7. The molecule has 1 saturated heterocycles. The van der Waals surface area contributed by atoms with Crippen molar-refractivity contribution in [1.29, 1.82) is 0 Å². The monoisotopic (exact) mass is 361 g/mol. The fourth-order valence-electron chi connectivity index (χ4n) is 2.79. The van der Waals surface area contributed by atoms with Crippen molar-refractivity contribution >= 4 is 22.9 Å². The average molecular weight is 361 g/mol. The molecule has 2 atom stereocenters. The standard InChI is InChI=1S/C17H23N5O4/c1-11(2)25-8-12-5-6-14(26-12)22-10-20-15-16(18-9-19-17(15)22)21-13(24)4-3-7-23/h3-4,9-12,14,23H,5-8H2,1-2H3,(H,18,19,21,24)/b4-3+. The maximum absolute atomic E-state index is 11.8. The number of fused-ring (bicyclic) bond motifs is 1. The summed E-state index contributed by atoms with van der Waals surface area (Å²) in [6.07, 6.45) is 7.39. The molecule has 2 aromatic heterocycles. The van der Waals surface area contributed by atoms with Gasteiger partial charge in [0.1, 0.15) is 12.6 Å². The van der Waals surface area contributed by atoms with E-state index >= 15 is 0 Å². The van der Waals surface area contributed by atoms with Crippen molar-refractivity contribution in [2.24, 2.45) is 0 Å². The predicted octanol–water partition coefficient (Wildman–Crippen LogP) is 1.42. The van der Waals surface area contributed by atoms with Crippen LogP contribution in [-0.4, -0.2) is 56.0 Å². The summed E-state index contributed by atoms with van der Waals surface area (Å²) >= 11 is 0. The van der Waals surface area contributed by atoms with E-state index in [0.29, 0.717) is 23.6 Å². The Morgan fingerprint density at radius 1 is 1.46 bits per heavy atom. The zero-order chi connectivity index (χ0) is 18.5. The second-order valence-electron chi connectivity index (χ2n) is 6.29. The van der Waals surface area contributed by atoms with Crippen LogP contribution in [0.1, 0.15) is 32.9 Å². The molecule has 1 amide bonds. The molecule has 0 saturated carbocycles. The van der Waals surface area contributed by atoms with E-state index in [1.807, 2.05) is 18.4 Å². The van der Waals surface area contributed by atoms with Gasteiger partial charge in [-0.3, -0.25) is 9.36 Å². The fraction of sp³-hybridized carbons (Fsp3) is 0.529. The largest absolute Gasteiger partial charge is 0.392 e. The molecular weight excluding hydrogens is 338 g/mol. The number of carbonyl (C=O) groups excluding carboxylic acids is 1. The SMILES string of the molecule is CC(C)OCC1CCC(n2cnc3c(NC(=O)/C=C/CO)ncnc32)O1. The number of nitrogens with zero attached hydrogens (tertiary/aromatic N) is 4. The molecule has 2 unspecified atom stereocenters. The third kappa shape index (κ3) is 4.24. The molecule has 26 heavy (non-hydrogen) atoms. The van der Waals surface area contributed by atoms with Gasteiger partial charge in [0.05, 0.1) is 31.7 Å². The molecular formula is C17H23N5O4. The molecule has 1 fully saturated rings. The minimum Gasteiger partial charge on any atom is -0.392 e. The number of anilines is 1. The summed E-state index contributed by atoms with van der Waals surface area (Å²) in [5.41, 5.74) is 1.08. The lowest BCUT2D eigenvalue weighted by atomic mass is 10.2. The molecule has 2 N–H and O–H groups in total. The molecule has 0 bridgehead atoms. The third-order valence-electron chi connectivity index (χ3n) is 3.99. The van der Waals surface area contributed by atoms with E-state index < -0.39 is 5.91 Å². The van der Waals surface area contributed by atoms with Crippen LogP contribution in [0.15, 0.2) is 24.8 Å². The number of amides is 1. The molecule has 0 spiro atoms. The Morgan fingerprint density at radius 2 is 2.31 bits per heavy atom.